The second-order valence-electron chi connectivity index (χ2n) is 5.22. The van der Waals surface area contributed by atoms with Gasteiger partial charge in [-0.15, -0.1) is 0 Å². The number of amides is 1. The topological polar surface area (TPSA) is 84.9 Å². The van der Waals surface area contributed by atoms with E-state index in [1.165, 1.54) is 12.1 Å². The van der Waals surface area contributed by atoms with E-state index in [4.69, 9.17) is 9.47 Å². The lowest BCUT2D eigenvalue weighted by Crippen LogP contribution is -2.28. The van der Waals surface area contributed by atoms with Crippen molar-refractivity contribution in [2.75, 3.05) is 13.7 Å². The van der Waals surface area contributed by atoms with Crippen molar-refractivity contribution in [3.63, 3.8) is 0 Å². The predicted octanol–water partition coefficient (Wildman–Crippen LogP) is 2.18. The summed E-state index contributed by atoms with van der Waals surface area (Å²) in [4.78, 5) is 23.7. The van der Waals surface area contributed by atoms with Crippen LogP contribution in [-0.4, -0.2) is 30.7 Å². The summed E-state index contributed by atoms with van der Waals surface area (Å²) in [6.07, 6.45) is 0. The van der Waals surface area contributed by atoms with E-state index >= 15 is 0 Å². The molecule has 2 aromatic rings. The Morgan fingerprint density at radius 1 is 1.17 bits per heavy atom. The number of benzene rings is 2. The van der Waals surface area contributed by atoms with E-state index in [9.17, 15) is 14.7 Å². The zero-order valence-corrected chi connectivity index (χ0v) is 13.5. The molecule has 0 atom stereocenters. The number of phenols is 1. The first-order valence-electron chi connectivity index (χ1n) is 7.36. The van der Waals surface area contributed by atoms with Gasteiger partial charge in [-0.3, -0.25) is 4.79 Å². The van der Waals surface area contributed by atoms with Crippen molar-refractivity contribution >= 4 is 11.9 Å². The van der Waals surface area contributed by atoms with Gasteiger partial charge in [0.25, 0.3) is 5.91 Å². The van der Waals surface area contributed by atoms with Crippen LogP contribution in [-0.2, 0) is 16.1 Å². The average Bonchev–Trinajstić information content (AvgIpc) is 2.60. The Kier molecular flexibility index (Phi) is 5.78. The van der Waals surface area contributed by atoms with Gasteiger partial charge in [0.05, 0.1) is 7.11 Å². The second-order valence-corrected chi connectivity index (χ2v) is 5.22. The van der Waals surface area contributed by atoms with Gasteiger partial charge < -0.3 is 19.9 Å². The molecule has 0 fully saturated rings. The molecule has 2 rings (SSSR count). The molecular formula is C18H19NO5. The minimum Gasteiger partial charge on any atom is -0.507 e. The van der Waals surface area contributed by atoms with Crippen molar-refractivity contribution in [2.45, 2.75) is 13.5 Å². The molecule has 2 aromatic carbocycles. The van der Waals surface area contributed by atoms with Crippen LogP contribution in [0.15, 0.2) is 42.5 Å². The average molecular weight is 329 g/mol. The number of phenolic OH excluding ortho intramolecular Hbond substituents is 1. The van der Waals surface area contributed by atoms with E-state index in [0.717, 1.165) is 11.1 Å². The summed E-state index contributed by atoms with van der Waals surface area (Å²) in [6.45, 7) is 1.66. The predicted molar refractivity (Wildman–Crippen MR) is 88.0 cm³/mol. The summed E-state index contributed by atoms with van der Waals surface area (Å²) < 4.78 is 10.0. The molecule has 0 unspecified atom stereocenters. The molecule has 0 bridgehead atoms. The number of hydrogen-bond acceptors (Lipinski definition) is 5. The third-order valence-corrected chi connectivity index (χ3v) is 3.33. The number of rotatable bonds is 6. The highest BCUT2D eigenvalue weighted by Gasteiger charge is 2.14. The largest absolute Gasteiger partial charge is 0.507 e. The van der Waals surface area contributed by atoms with Crippen LogP contribution in [0, 0.1) is 6.92 Å². The molecule has 2 N–H and O–H groups in total. The Hall–Kier alpha value is -3.02. The third kappa shape index (κ3) is 4.74. The van der Waals surface area contributed by atoms with Crippen molar-refractivity contribution in [1.82, 2.24) is 5.32 Å². The Labute approximate surface area is 140 Å². The van der Waals surface area contributed by atoms with Crippen LogP contribution in [0.5, 0.6) is 11.5 Å². The highest BCUT2D eigenvalue weighted by Crippen LogP contribution is 2.19. The Bertz CT molecular complexity index is 742. The van der Waals surface area contributed by atoms with E-state index in [1.54, 1.807) is 32.2 Å². The fraction of sp³-hybridized carbons (Fsp3) is 0.222. The van der Waals surface area contributed by atoms with Gasteiger partial charge in [-0.1, -0.05) is 23.8 Å². The van der Waals surface area contributed by atoms with E-state index in [-0.39, 0.29) is 11.3 Å². The number of aromatic hydroxyl groups is 1. The van der Waals surface area contributed by atoms with Crippen molar-refractivity contribution in [3.8, 4) is 11.5 Å². The highest BCUT2D eigenvalue weighted by molar-refractivity contribution is 5.94. The number of carbonyl (C=O) groups excluding carboxylic acids is 2. The Balaban J connectivity index is 1.84. The SMILES string of the molecule is COc1cccc(CNC(=O)COC(=O)c2cc(C)ccc2O)c1. The summed E-state index contributed by atoms with van der Waals surface area (Å²) >= 11 is 0. The molecule has 0 saturated heterocycles. The van der Waals surface area contributed by atoms with Crippen LogP contribution in [0.1, 0.15) is 21.5 Å². The fourth-order valence-corrected chi connectivity index (χ4v) is 2.06. The fourth-order valence-electron chi connectivity index (χ4n) is 2.06. The first kappa shape index (κ1) is 17.3. The second kappa shape index (κ2) is 8.01. The van der Waals surface area contributed by atoms with Crippen LogP contribution in [0.25, 0.3) is 0 Å². The van der Waals surface area contributed by atoms with Crippen LogP contribution >= 0.6 is 0 Å². The quantitative estimate of drug-likeness (QED) is 0.794. The van der Waals surface area contributed by atoms with Gasteiger partial charge in [-0.2, -0.15) is 0 Å². The first-order chi connectivity index (χ1) is 11.5. The molecule has 6 nitrogen and oxygen atoms in total. The molecule has 0 heterocycles. The number of aryl methyl sites for hydroxylation is 1. The number of ether oxygens (including phenoxy) is 2. The Morgan fingerprint density at radius 2 is 1.96 bits per heavy atom. The number of methoxy groups -OCH3 is 1. The zero-order valence-electron chi connectivity index (χ0n) is 13.5. The van der Waals surface area contributed by atoms with Gasteiger partial charge in [0, 0.05) is 6.54 Å². The van der Waals surface area contributed by atoms with Gasteiger partial charge in [-0.25, -0.2) is 4.79 Å². The smallest absolute Gasteiger partial charge is 0.342 e. The van der Waals surface area contributed by atoms with Gasteiger partial charge in [0.1, 0.15) is 17.1 Å². The first-order valence-corrected chi connectivity index (χ1v) is 7.36. The van der Waals surface area contributed by atoms with E-state index in [2.05, 4.69) is 5.32 Å². The molecule has 0 aliphatic carbocycles. The van der Waals surface area contributed by atoms with Crippen LogP contribution in [0.3, 0.4) is 0 Å². The minimum atomic E-state index is -0.743. The summed E-state index contributed by atoms with van der Waals surface area (Å²) in [6, 6.07) is 11.9. The van der Waals surface area contributed by atoms with Crippen molar-refractivity contribution < 1.29 is 24.2 Å². The summed E-state index contributed by atoms with van der Waals surface area (Å²) in [7, 11) is 1.57. The molecule has 0 spiro atoms. The van der Waals surface area contributed by atoms with Crippen molar-refractivity contribution in [2.24, 2.45) is 0 Å². The lowest BCUT2D eigenvalue weighted by atomic mass is 10.1. The normalized spacial score (nSPS) is 10.1. The van der Waals surface area contributed by atoms with E-state index in [1.807, 2.05) is 12.1 Å². The molecule has 0 aliphatic rings. The number of carbonyl (C=O) groups is 2. The van der Waals surface area contributed by atoms with Crippen LogP contribution < -0.4 is 10.1 Å². The maximum Gasteiger partial charge on any atom is 0.342 e. The van der Waals surface area contributed by atoms with Gasteiger partial charge in [0.2, 0.25) is 0 Å². The monoisotopic (exact) mass is 329 g/mol. The molecule has 1 amide bonds. The molecule has 0 aromatic heterocycles. The zero-order chi connectivity index (χ0) is 17.5. The summed E-state index contributed by atoms with van der Waals surface area (Å²) in [5, 5.41) is 12.3. The molecule has 126 valence electrons. The standard InChI is InChI=1S/C18H19NO5/c1-12-6-7-16(20)15(8-12)18(22)24-11-17(21)19-10-13-4-3-5-14(9-13)23-2/h3-9,20H,10-11H2,1-2H3,(H,19,21). The van der Waals surface area contributed by atoms with E-state index in [0.29, 0.717) is 12.3 Å². The molecular weight excluding hydrogens is 310 g/mol. The van der Waals surface area contributed by atoms with Gasteiger partial charge >= 0.3 is 5.97 Å². The third-order valence-electron chi connectivity index (χ3n) is 3.33. The van der Waals surface area contributed by atoms with E-state index < -0.39 is 18.5 Å². The number of nitrogens with one attached hydrogen (secondary N) is 1. The Morgan fingerprint density at radius 3 is 2.71 bits per heavy atom. The maximum absolute atomic E-state index is 11.9. The van der Waals surface area contributed by atoms with Crippen LogP contribution in [0.2, 0.25) is 0 Å². The lowest BCUT2D eigenvalue weighted by molar-refractivity contribution is -0.124. The van der Waals surface area contributed by atoms with Gasteiger partial charge in [0.15, 0.2) is 6.61 Å². The highest BCUT2D eigenvalue weighted by atomic mass is 16.5. The van der Waals surface area contributed by atoms with Crippen molar-refractivity contribution in [3.05, 3.63) is 59.2 Å². The summed E-state index contributed by atoms with van der Waals surface area (Å²) in [5.74, 6) is -0.656. The lowest BCUT2D eigenvalue weighted by Gasteiger charge is -2.09. The molecule has 0 saturated carbocycles. The van der Waals surface area contributed by atoms with Crippen molar-refractivity contribution in [1.29, 1.82) is 0 Å². The molecule has 6 heteroatoms. The number of hydrogen-bond donors (Lipinski definition) is 2. The molecule has 0 radical (unpaired) electrons. The molecule has 24 heavy (non-hydrogen) atoms. The minimum absolute atomic E-state index is 0.0376. The van der Waals surface area contributed by atoms with Crippen LogP contribution in [0.4, 0.5) is 0 Å². The summed E-state index contributed by atoms with van der Waals surface area (Å²) in [5.41, 5.74) is 1.71. The maximum atomic E-state index is 11.9. The number of esters is 1. The van der Waals surface area contributed by atoms with Gasteiger partial charge in [-0.05, 0) is 36.8 Å². The molecule has 0 aliphatic heterocycles.